The van der Waals surface area contributed by atoms with E-state index < -0.39 is 0 Å². The Balaban J connectivity index is 1.00. The molecule has 2 aliphatic heterocycles. The number of hydrogen-bond acceptors (Lipinski definition) is 5. The van der Waals surface area contributed by atoms with Gasteiger partial charge in [0.2, 0.25) is 0 Å². The molecule has 0 spiro atoms. The van der Waals surface area contributed by atoms with Crippen molar-refractivity contribution in [2.45, 2.75) is 23.6 Å². The van der Waals surface area contributed by atoms with Crippen LogP contribution in [0.1, 0.15) is 27.2 Å². The molecule has 0 N–H and O–H groups in total. The monoisotopic (exact) mass is 484 g/mol. The number of thioether (sulfide) groups is 1. The summed E-state index contributed by atoms with van der Waals surface area (Å²) >= 11 is 1.74. The van der Waals surface area contributed by atoms with E-state index >= 15 is 0 Å². The minimum Gasteiger partial charge on any atom is -0.493 e. The molecule has 35 heavy (non-hydrogen) atoms. The molecule has 4 heterocycles. The van der Waals surface area contributed by atoms with Crippen LogP contribution in [0.2, 0.25) is 0 Å². The fourth-order valence-electron chi connectivity index (χ4n) is 4.80. The lowest BCUT2D eigenvalue weighted by Gasteiger charge is -2.35. The predicted molar refractivity (Wildman–Crippen MR) is 138 cm³/mol. The molecule has 0 radical (unpaired) electrons. The highest BCUT2D eigenvalue weighted by molar-refractivity contribution is 7.98. The summed E-state index contributed by atoms with van der Waals surface area (Å²) in [5, 5.41) is 0. The summed E-state index contributed by atoms with van der Waals surface area (Å²) in [4.78, 5) is 23.3. The lowest BCUT2D eigenvalue weighted by molar-refractivity contribution is 0.0628. The van der Waals surface area contributed by atoms with Crippen molar-refractivity contribution in [3.8, 4) is 5.75 Å². The van der Waals surface area contributed by atoms with Crippen LogP contribution < -0.4 is 4.74 Å². The Hall–Kier alpha value is -3.29. The number of carbonyl (C=O) groups excluding carboxylic acids is 1. The number of rotatable bonds is 6. The molecule has 0 unspecified atom stereocenters. The third kappa shape index (κ3) is 4.92. The molecule has 1 amide bonds. The molecule has 0 saturated carbocycles. The van der Waals surface area contributed by atoms with E-state index in [4.69, 9.17) is 4.74 Å². The molecule has 1 saturated heterocycles. The number of carbonyl (C=O) groups is 1. The Morgan fingerprint density at radius 3 is 2.69 bits per heavy atom. The molecule has 2 aromatic carbocycles. The van der Waals surface area contributed by atoms with Crippen molar-refractivity contribution in [3.63, 3.8) is 0 Å². The Bertz CT molecular complexity index is 1310. The summed E-state index contributed by atoms with van der Waals surface area (Å²) in [5.41, 5.74) is 5.41. The fourth-order valence-corrected chi connectivity index (χ4v) is 5.58. The first-order valence-electron chi connectivity index (χ1n) is 12.1. The maximum absolute atomic E-state index is 13.1. The van der Waals surface area contributed by atoms with Gasteiger partial charge >= 0.3 is 0 Å². The summed E-state index contributed by atoms with van der Waals surface area (Å²) in [5.74, 6) is 1.95. The van der Waals surface area contributed by atoms with Gasteiger partial charge in [-0.1, -0.05) is 18.2 Å². The molecule has 0 aliphatic carbocycles. The van der Waals surface area contributed by atoms with Gasteiger partial charge in [-0.15, -0.1) is 11.8 Å². The van der Waals surface area contributed by atoms with Gasteiger partial charge in [-0.3, -0.25) is 9.69 Å². The summed E-state index contributed by atoms with van der Waals surface area (Å²) in [7, 11) is 0. The molecule has 0 bridgehead atoms. The Kier molecular flexibility index (Phi) is 6.19. The highest BCUT2D eigenvalue weighted by Crippen LogP contribution is 2.27. The van der Waals surface area contributed by atoms with Gasteiger partial charge in [0.05, 0.1) is 12.3 Å². The van der Waals surface area contributed by atoms with Crippen molar-refractivity contribution >= 4 is 23.3 Å². The molecular formula is C28H28N4O2S. The van der Waals surface area contributed by atoms with Crippen LogP contribution >= 0.6 is 11.8 Å². The zero-order valence-corrected chi connectivity index (χ0v) is 20.4. The van der Waals surface area contributed by atoms with Gasteiger partial charge in [-0.25, -0.2) is 4.98 Å². The fraction of sp³-hybridized carbons (Fsp3) is 0.286. The standard InChI is InChI=1S/C28H28N4O2S/c33-28(31-14-12-30(13-15-31)18-21-4-9-26-23(17-21)10-16-34-26)22-5-7-25(8-6-22)35-20-24-19-32-11-2-1-3-27(32)29-24/h1-9,11,17,19H,10,12-16,18,20H2. The first kappa shape index (κ1) is 22.2. The van der Waals surface area contributed by atoms with Gasteiger partial charge in [-0.2, -0.15) is 0 Å². The van der Waals surface area contributed by atoms with E-state index in [-0.39, 0.29) is 5.91 Å². The average molecular weight is 485 g/mol. The van der Waals surface area contributed by atoms with Crippen molar-refractivity contribution in [1.82, 2.24) is 19.2 Å². The van der Waals surface area contributed by atoms with Gasteiger partial charge in [0.1, 0.15) is 11.4 Å². The number of benzene rings is 2. The summed E-state index contributed by atoms with van der Waals surface area (Å²) in [6.45, 7) is 5.03. The topological polar surface area (TPSA) is 50.1 Å². The number of amides is 1. The highest BCUT2D eigenvalue weighted by atomic mass is 32.2. The van der Waals surface area contributed by atoms with Crippen LogP contribution in [0.15, 0.2) is 78.0 Å². The molecular weight excluding hydrogens is 456 g/mol. The van der Waals surface area contributed by atoms with E-state index in [1.54, 1.807) is 11.8 Å². The van der Waals surface area contributed by atoms with E-state index in [2.05, 4.69) is 34.3 Å². The Labute approximate surface area is 209 Å². The van der Waals surface area contributed by atoms with Crippen molar-refractivity contribution < 1.29 is 9.53 Å². The third-order valence-corrected chi connectivity index (χ3v) is 7.77. The van der Waals surface area contributed by atoms with E-state index in [1.807, 2.05) is 58.0 Å². The van der Waals surface area contributed by atoms with Gasteiger partial charge in [-0.05, 0) is 53.6 Å². The van der Waals surface area contributed by atoms with Crippen LogP contribution in [-0.2, 0) is 18.7 Å². The zero-order valence-electron chi connectivity index (χ0n) is 19.6. The Morgan fingerprint density at radius 1 is 1.00 bits per heavy atom. The minimum absolute atomic E-state index is 0.122. The number of nitrogens with zero attached hydrogens (tertiary/aromatic N) is 4. The van der Waals surface area contributed by atoms with E-state index in [1.165, 1.54) is 11.1 Å². The van der Waals surface area contributed by atoms with Gasteiger partial charge < -0.3 is 14.0 Å². The molecule has 4 aromatic rings. The second-order valence-electron chi connectivity index (χ2n) is 9.12. The summed E-state index contributed by atoms with van der Waals surface area (Å²) in [6.07, 6.45) is 5.08. The molecule has 7 heteroatoms. The van der Waals surface area contributed by atoms with Crippen LogP contribution in [0.5, 0.6) is 5.75 Å². The lowest BCUT2D eigenvalue weighted by Crippen LogP contribution is -2.48. The molecule has 0 atom stereocenters. The molecule has 2 aromatic heterocycles. The zero-order chi connectivity index (χ0) is 23.6. The van der Waals surface area contributed by atoms with Crippen molar-refractivity contribution in [2.24, 2.45) is 0 Å². The van der Waals surface area contributed by atoms with Crippen LogP contribution in [-0.4, -0.2) is 57.9 Å². The van der Waals surface area contributed by atoms with Crippen molar-refractivity contribution in [1.29, 1.82) is 0 Å². The van der Waals surface area contributed by atoms with Gasteiger partial charge in [0.15, 0.2) is 0 Å². The molecule has 1 fully saturated rings. The number of piperazine rings is 1. The predicted octanol–water partition coefficient (Wildman–Crippen LogP) is 4.52. The van der Waals surface area contributed by atoms with E-state index in [0.717, 1.165) is 79.1 Å². The number of imidazole rings is 1. The highest BCUT2D eigenvalue weighted by Gasteiger charge is 2.22. The van der Waals surface area contributed by atoms with Crippen LogP contribution in [0, 0.1) is 0 Å². The van der Waals surface area contributed by atoms with E-state index in [9.17, 15) is 4.79 Å². The quantitative estimate of drug-likeness (QED) is 0.377. The number of fused-ring (bicyclic) bond motifs is 2. The summed E-state index contributed by atoms with van der Waals surface area (Å²) < 4.78 is 7.66. The molecule has 2 aliphatic rings. The summed E-state index contributed by atoms with van der Waals surface area (Å²) in [6, 6.07) is 20.5. The molecule has 6 nitrogen and oxygen atoms in total. The lowest BCUT2D eigenvalue weighted by atomic mass is 10.1. The Morgan fingerprint density at radius 2 is 1.86 bits per heavy atom. The number of ether oxygens (including phenoxy) is 1. The first-order valence-corrected chi connectivity index (χ1v) is 13.1. The molecule has 6 rings (SSSR count). The number of pyridine rings is 1. The van der Waals surface area contributed by atoms with Crippen LogP contribution in [0.25, 0.3) is 5.65 Å². The number of hydrogen-bond donors (Lipinski definition) is 0. The number of aromatic nitrogens is 2. The largest absolute Gasteiger partial charge is 0.493 e. The van der Waals surface area contributed by atoms with Crippen molar-refractivity contribution in [2.75, 3.05) is 32.8 Å². The normalized spacial score (nSPS) is 15.8. The second kappa shape index (κ2) is 9.76. The second-order valence-corrected chi connectivity index (χ2v) is 10.2. The molecule has 178 valence electrons. The van der Waals surface area contributed by atoms with Gasteiger partial charge in [0.25, 0.3) is 5.91 Å². The maximum Gasteiger partial charge on any atom is 0.253 e. The SMILES string of the molecule is O=C(c1ccc(SCc2cn3ccccc3n2)cc1)N1CCN(Cc2ccc3c(c2)CCO3)CC1. The first-order chi connectivity index (χ1) is 17.2. The minimum atomic E-state index is 0.122. The van der Waals surface area contributed by atoms with Gasteiger partial charge in [0, 0.05) is 67.8 Å². The van der Waals surface area contributed by atoms with Crippen LogP contribution in [0.4, 0.5) is 0 Å². The smallest absolute Gasteiger partial charge is 0.253 e. The van der Waals surface area contributed by atoms with E-state index in [0.29, 0.717) is 0 Å². The third-order valence-electron chi connectivity index (χ3n) is 6.72. The maximum atomic E-state index is 13.1. The van der Waals surface area contributed by atoms with Crippen molar-refractivity contribution in [3.05, 3.63) is 95.4 Å². The van der Waals surface area contributed by atoms with Crippen LogP contribution in [0.3, 0.4) is 0 Å². The average Bonchev–Trinajstić information content (AvgIpc) is 3.54.